The molecule has 0 aliphatic rings. The van der Waals surface area contributed by atoms with Crippen molar-refractivity contribution in [2.24, 2.45) is 0 Å². The maximum Gasteiger partial charge on any atom is 0.337 e. The molecule has 0 saturated heterocycles. The molecule has 4 heteroatoms. The average Bonchev–Trinajstić information content (AvgIpc) is 2.38. The number of carbonyl (C=O) groups is 1. The Morgan fingerprint density at radius 1 is 1.21 bits per heavy atom. The molecule has 0 unspecified atom stereocenters. The van der Waals surface area contributed by atoms with Crippen molar-refractivity contribution in [1.29, 1.82) is 0 Å². The standard InChI is InChI=1S/C15H15NO3/c1-9-4-7-14(19-3)12(8-9)13-6-5-11(15(17)18)10(2)16-13/h4-8H,1-3H3,(H,17,18). The van der Waals surface area contributed by atoms with Gasteiger partial charge in [0.05, 0.1) is 24.1 Å². The van der Waals surface area contributed by atoms with E-state index >= 15 is 0 Å². The Hall–Kier alpha value is -2.36. The van der Waals surface area contributed by atoms with Crippen LogP contribution in [0.1, 0.15) is 21.6 Å². The number of hydrogen-bond donors (Lipinski definition) is 1. The molecule has 0 amide bonds. The van der Waals surface area contributed by atoms with E-state index in [0.717, 1.165) is 16.9 Å². The fraction of sp³-hybridized carbons (Fsp3) is 0.200. The Kier molecular flexibility index (Phi) is 3.51. The molecule has 98 valence electrons. The normalized spacial score (nSPS) is 10.3. The van der Waals surface area contributed by atoms with Crippen LogP contribution in [0.25, 0.3) is 11.3 Å². The van der Waals surface area contributed by atoms with Gasteiger partial charge in [-0.05, 0) is 38.1 Å². The summed E-state index contributed by atoms with van der Waals surface area (Å²) in [7, 11) is 1.60. The lowest BCUT2D eigenvalue weighted by molar-refractivity contribution is 0.0695. The van der Waals surface area contributed by atoms with Crippen molar-refractivity contribution < 1.29 is 14.6 Å². The Balaban J connectivity index is 2.56. The molecule has 0 atom stereocenters. The highest BCUT2D eigenvalue weighted by Gasteiger charge is 2.12. The number of aromatic nitrogens is 1. The summed E-state index contributed by atoms with van der Waals surface area (Å²) in [5.41, 5.74) is 3.38. The van der Waals surface area contributed by atoms with Crippen LogP contribution >= 0.6 is 0 Å². The van der Waals surface area contributed by atoms with Gasteiger partial charge in [0, 0.05) is 5.56 Å². The fourth-order valence-electron chi connectivity index (χ4n) is 1.96. The quantitative estimate of drug-likeness (QED) is 0.918. The van der Waals surface area contributed by atoms with Crippen LogP contribution in [0.15, 0.2) is 30.3 Å². The first kappa shape index (κ1) is 13.1. The molecule has 1 aromatic carbocycles. The largest absolute Gasteiger partial charge is 0.496 e. The number of aromatic carboxylic acids is 1. The third-order valence-corrected chi connectivity index (χ3v) is 2.95. The first-order valence-corrected chi connectivity index (χ1v) is 5.89. The second-order valence-electron chi connectivity index (χ2n) is 4.34. The lowest BCUT2D eigenvalue weighted by Gasteiger charge is -2.10. The van der Waals surface area contributed by atoms with Gasteiger partial charge in [-0.3, -0.25) is 4.98 Å². The summed E-state index contributed by atoms with van der Waals surface area (Å²) in [5, 5.41) is 9.01. The maximum absolute atomic E-state index is 11.0. The van der Waals surface area contributed by atoms with E-state index < -0.39 is 5.97 Å². The number of rotatable bonds is 3. The molecular formula is C15H15NO3. The summed E-state index contributed by atoms with van der Waals surface area (Å²) in [4.78, 5) is 15.3. The average molecular weight is 257 g/mol. The van der Waals surface area contributed by atoms with E-state index in [4.69, 9.17) is 9.84 Å². The molecule has 0 aliphatic heterocycles. The van der Waals surface area contributed by atoms with Gasteiger partial charge in [0.1, 0.15) is 5.75 Å². The second-order valence-corrected chi connectivity index (χ2v) is 4.34. The van der Waals surface area contributed by atoms with E-state index in [2.05, 4.69) is 4.98 Å². The van der Waals surface area contributed by atoms with Gasteiger partial charge >= 0.3 is 5.97 Å². The molecule has 4 nitrogen and oxygen atoms in total. The number of carboxylic acid groups (broad SMARTS) is 1. The minimum Gasteiger partial charge on any atom is -0.496 e. The molecule has 1 aromatic heterocycles. The number of hydrogen-bond acceptors (Lipinski definition) is 3. The first-order valence-electron chi connectivity index (χ1n) is 5.89. The summed E-state index contributed by atoms with van der Waals surface area (Å²) >= 11 is 0. The van der Waals surface area contributed by atoms with Gasteiger partial charge in [0.15, 0.2) is 0 Å². The number of nitrogens with zero attached hydrogens (tertiary/aromatic N) is 1. The Morgan fingerprint density at radius 2 is 1.95 bits per heavy atom. The van der Waals surface area contributed by atoms with Crippen molar-refractivity contribution in [2.45, 2.75) is 13.8 Å². The van der Waals surface area contributed by atoms with Gasteiger partial charge in [0.2, 0.25) is 0 Å². The van der Waals surface area contributed by atoms with Crippen molar-refractivity contribution in [2.75, 3.05) is 7.11 Å². The molecule has 19 heavy (non-hydrogen) atoms. The van der Waals surface area contributed by atoms with Crippen LogP contribution < -0.4 is 4.74 Å². The monoisotopic (exact) mass is 257 g/mol. The third-order valence-electron chi connectivity index (χ3n) is 2.95. The molecule has 0 aliphatic carbocycles. The third kappa shape index (κ3) is 2.57. The van der Waals surface area contributed by atoms with Crippen LogP contribution in [0, 0.1) is 13.8 Å². The van der Waals surface area contributed by atoms with Gasteiger partial charge in [-0.25, -0.2) is 4.79 Å². The summed E-state index contributed by atoms with van der Waals surface area (Å²) in [6, 6.07) is 9.09. The van der Waals surface area contributed by atoms with E-state index in [1.54, 1.807) is 26.2 Å². The number of methoxy groups -OCH3 is 1. The molecule has 2 aromatic rings. The van der Waals surface area contributed by atoms with Crippen molar-refractivity contribution in [3.63, 3.8) is 0 Å². The highest BCUT2D eigenvalue weighted by Crippen LogP contribution is 2.30. The highest BCUT2D eigenvalue weighted by atomic mass is 16.5. The lowest BCUT2D eigenvalue weighted by atomic mass is 10.1. The van der Waals surface area contributed by atoms with Crippen LogP contribution in [-0.2, 0) is 0 Å². The van der Waals surface area contributed by atoms with Crippen molar-refractivity contribution in [1.82, 2.24) is 4.98 Å². The van der Waals surface area contributed by atoms with E-state index in [9.17, 15) is 4.79 Å². The molecule has 0 fully saturated rings. The van der Waals surface area contributed by atoms with E-state index in [0.29, 0.717) is 11.4 Å². The summed E-state index contributed by atoms with van der Waals surface area (Å²) in [6.45, 7) is 3.68. The summed E-state index contributed by atoms with van der Waals surface area (Å²) in [5.74, 6) is -0.242. The summed E-state index contributed by atoms with van der Waals surface area (Å²) < 4.78 is 5.32. The summed E-state index contributed by atoms with van der Waals surface area (Å²) in [6.07, 6.45) is 0. The Morgan fingerprint density at radius 3 is 2.53 bits per heavy atom. The number of carboxylic acids is 1. The molecule has 0 bridgehead atoms. The molecule has 1 heterocycles. The van der Waals surface area contributed by atoms with E-state index in [1.807, 2.05) is 25.1 Å². The van der Waals surface area contributed by atoms with Crippen LogP contribution in [-0.4, -0.2) is 23.2 Å². The van der Waals surface area contributed by atoms with Crippen molar-refractivity contribution in [3.05, 3.63) is 47.2 Å². The molecule has 1 N–H and O–H groups in total. The molecule has 2 rings (SSSR count). The highest BCUT2D eigenvalue weighted by molar-refractivity contribution is 5.89. The zero-order valence-corrected chi connectivity index (χ0v) is 11.1. The van der Waals surface area contributed by atoms with Gasteiger partial charge in [-0.15, -0.1) is 0 Å². The van der Waals surface area contributed by atoms with Crippen LogP contribution in [0.5, 0.6) is 5.75 Å². The second kappa shape index (κ2) is 5.10. The van der Waals surface area contributed by atoms with Gasteiger partial charge in [0.25, 0.3) is 0 Å². The van der Waals surface area contributed by atoms with E-state index in [1.165, 1.54) is 0 Å². The zero-order valence-electron chi connectivity index (χ0n) is 11.1. The predicted octanol–water partition coefficient (Wildman–Crippen LogP) is 3.07. The maximum atomic E-state index is 11.0. The Labute approximate surface area is 111 Å². The van der Waals surface area contributed by atoms with Crippen LogP contribution in [0.2, 0.25) is 0 Å². The lowest BCUT2D eigenvalue weighted by Crippen LogP contribution is -2.02. The van der Waals surface area contributed by atoms with Crippen molar-refractivity contribution in [3.8, 4) is 17.0 Å². The van der Waals surface area contributed by atoms with Crippen LogP contribution in [0.4, 0.5) is 0 Å². The molecule has 0 saturated carbocycles. The SMILES string of the molecule is COc1ccc(C)cc1-c1ccc(C(=O)O)c(C)n1. The Bertz CT molecular complexity index is 635. The van der Waals surface area contributed by atoms with E-state index in [-0.39, 0.29) is 5.56 Å². The number of pyridine rings is 1. The minimum atomic E-state index is -0.965. The van der Waals surface area contributed by atoms with Gasteiger partial charge in [-0.2, -0.15) is 0 Å². The number of aryl methyl sites for hydroxylation is 2. The molecular weight excluding hydrogens is 242 g/mol. The van der Waals surface area contributed by atoms with Gasteiger partial charge < -0.3 is 9.84 Å². The molecule has 0 spiro atoms. The smallest absolute Gasteiger partial charge is 0.337 e. The van der Waals surface area contributed by atoms with Crippen molar-refractivity contribution >= 4 is 5.97 Å². The first-order chi connectivity index (χ1) is 9.02. The fourth-order valence-corrected chi connectivity index (χ4v) is 1.96. The number of benzene rings is 1. The topological polar surface area (TPSA) is 59.4 Å². The number of ether oxygens (including phenoxy) is 1. The van der Waals surface area contributed by atoms with Gasteiger partial charge in [-0.1, -0.05) is 11.6 Å². The predicted molar refractivity (Wildman–Crippen MR) is 72.7 cm³/mol. The minimum absolute atomic E-state index is 0.218. The van der Waals surface area contributed by atoms with Crippen LogP contribution in [0.3, 0.4) is 0 Å². The molecule has 0 radical (unpaired) electrons. The zero-order chi connectivity index (χ0) is 14.0.